The Labute approximate surface area is 131 Å². The lowest BCUT2D eigenvalue weighted by Gasteiger charge is -2.35. The highest BCUT2D eigenvalue weighted by Gasteiger charge is 2.37. The van der Waals surface area contributed by atoms with Crippen LogP contribution in [0.1, 0.15) is 41.6 Å². The fourth-order valence-corrected chi connectivity index (χ4v) is 3.59. The molecule has 2 aliphatic heterocycles. The second-order valence-electron chi connectivity index (χ2n) is 6.41. The minimum absolute atomic E-state index is 0.0288. The molecule has 2 atom stereocenters. The van der Waals surface area contributed by atoms with Gasteiger partial charge in [-0.05, 0) is 43.9 Å². The van der Waals surface area contributed by atoms with Crippen LogP contribution in [0.15, 0.2) is 18.2 Å². The molecule has 1 amide bonds. The van der Waals surface area contributed by atoms with Crippen LogP contribution in [0, 0.1) is 5.82 Å². The summed E-state index contributed by atoms with van der Waals surface area (Å²) in [7, 11) is 1.58. The lowest BCUT2D eigenvalue weighted by molar-refractivity contribution is -0.137. The van der Waals surface area contributed by atoms with Crippen molar-refractivity contribution in [1.29, 1.82) is 0 Å². The Balaban J connectivity index is 1.81. The molecule has 2 heterocycles. The topological polar surface area (TPSA) is 32.3 Å². The van der Waals surface area contributed by atoms with E-state index in [2.05, 4.69) is 5.32 Å². The molecule has 2 bridgehead atoms. The van der Waals surface area contributed by atoms with Crippen LogP contribution in [0.25, 0.3) is 0 Å². The second-order valence-corrected chi connectivity index (χ2v) is 6.41. The molecule has 0 aromatic heterocycles. The van der Waals surface area contributed by atoms with Gasteiger partial charge in [0.1, 0.15) is 5.82 Å². The number of rotatable bonds is 2. The monoisotopic (exact) mass is 330 g/mol. The fourth-order valence-electron chi connectivity index (χ4n) is 3.59. The molecule has 126 valence electrons. The van der Waals surface area contributed by atoms with E-state index in [4.69, 9.17) is 0 Å². The van der Waals surface area contributed by atoms with E-state index in [9.17, 15) is 22.4 Å². The van der Waals surface area contributed by atoms with Crippen LogP contribution in [0.2, 0.25) is 0 Å². The molecule has 23 heavy (non-hydrogen) atoms. The van der Waals surface area contributed by atoms with Crippen molar-refractivity contribution in [2.75, 3.05) is 7.05 Å². The normalized spacial score (nSPS) is 27.1. The van der Waals surface area contributed by atoms with Crippen molar-refractivity contribution in [3.63, 3.8) is 0 Å². The minimum atomic E-state index is -4.68. The van der Waals surface area contributed by atoms with E-state index in [1.807, 2.05) is 0 Å². The average Bonchev–Trinajstić information content (AvgIpc) is 2.82. The number of hydrogen-bond acceptors (Lipinski definition) is 2. The van der Waals surface area contributed by atoms with Crippen LogP contribution in [0.3, 0.4) is 0 Å². The maximum absolute atomic E-state index is 13.5. The Morgan fingerprint density at radius 2 is 1.78 bits per heavy atom. The number of halogens is 4. The van der Waals surface area contributed by atoms with Gasteiger partial charge in [0.2, 0.25) is 0 Å². The van der Waals surface area contributed by atoms with Gasteiger partial charge >= 0.3 is 6.18 Å². The number of nitrogens with one attached hydrogen (secondary N) is 1. The number of alkyl halides is 3. The summed E-state index contributed by atoms with van der Waals surface area (Å²) in [6, 6.07) is 2.67. The average molecular weight is 330 g/mol. The maximum atomic E-state index is 13.5. The van der Waals surface area contributed by atoms with E-state index in [0.29, 0.717) is 18.2 Å². The Bertz CT molecular complexity index is 605. The van der Waals surface area contributed by atoms with Gasteiger partial charge in [-0.15, -0.1) is 0 Å². The van der Waals surface area contributed by atoms with Gasteiger partial charge in [-0.25, -0.2) is 4.39 Å². The maximum Gasteiger partial charge on any atom is 0.416 e. The molecule has 7 heteroatoms. The van der Waals surface area contributed by atoms with E-state index < -0.39 is 23.5 Å². The molecule has 0 spiro atoms. The number of carbonyl (C=O) groups excluding carboxylic acids is 1. The van der Waals surface area contributed by atoms with Crippen LogP contribution >= 0.6 is 0 Å². The molecule has 0 saturated carbocycles. The first kappa shape index (κ1) is 16.2. The molecule has 0 radical (unpaired) electrons. The smallest absolute Gasteiger partial charge is 0.339 e. The molecule has 1 aromatic carbocycles. The summed E-state index contributed by atoms with van der Waals surface area (Å²) in [5.41, 5.74) is -1.40. The number of fused-ring (bicyclic) bond motifs is 2. The first-order chi connectivity index (χ1) is 10.7. The number of benzene rings is 1. The predicted molar refractivity (Wildman–Crippen MR) is 76.5 cm³/mol. The zero-order valence-corrected chi connectivity index (χ0v) is 12.7. The SMILES string of the molecule is CN(C(=O)c1cc(F)cc(C(F)(F)F)c1)C1C[C@@H]2CC[C@@H](C1)N2. The van der Waals surface area contributed by atoms with Gasteiger partial charge in [-0.3, -0.25) is 4.79 Å². The van der Waals surface area contributed by atoms with Gasteiger partial charge in [-0.1, -0.05) is 0 Å². The minimum Gasteiger partial charge on any atom is -0.339 e. The molecular weight excluding hydrogens is 312 g/mol. The molecule has 0 aliphatic carbocycles. The van der Waals surface area contributed by atoms with Crippen molar-refractivity contribution >= 4 is 5.91 Å². The lowest BCUT2D eigenvalue weighted by Crippen LogP contribution is -2.48. The van der Waals surface area contributed by atoms with Gasteiger partial charge in [0.05, 0.1) is 5.56 Å². The van der Waals surface area contributed by atoms with Crippen LogP contribution in [0.5, 0.6) is 0 Å². The van der Waals surface area contributed by atoms with Crippen molar-refractivity contribution in [3.05, 3.63) is 35.1 Å². The summed E-state index contributed by atoms with van der Waals surface area (Å²) in [6.45, 7) is 0. The van der Waals surface area contributed by atoms with Gasteiger partial charge in [-0.2, -0.15) is 13.2 Å². The van der Waals surface area contributed by atoms with Gasteiger partial charge in [0.15, 0.2) is 0 Å². The highest BCUT2D eigenvalue weighted by Crippen LogP contribution is 2.32. The van der Waals surface area contributed by atoms with Crippen molar-refractivity contribution in [3.8, 4) is 0 Å². The van der Waals surface area contributed by atoms with Crippen molar-refractivity contribution in [2.24, 2.45) is 0 Å². The summed E-state index contributed by atoms with van der Waals surface area (Å²) in [6.07, 6.45) is -1.01. The highest BCUT2D eigenvalue weighted by atomic mass is 19.4. The third kappa shape index (κ3) is 3.34. The summed E-state index contributed by atoms with van der Waals surface area (Å²) in [5, 5.41) is 3.45. The summed E-state index contributed by atoms with van der Waals surface area (Å²) in [5.74, 6) is -1.62. The zero-order valence-electron chi connectivity index (χ0n) is 12.7. The van der Waals surface area contributed by atoms with E-state index in [1.54, 1.807) is 7.05 Å². The number of nitrogens with zero attached hydrogens (tertiary/aromatic N) is 1. The largest absolute Gasteiger partial charge is 0.416 e. The standard InChI is InChI=1S/C16H18F4N2O/c1-22(14-7-12-2-3-13(8-14)21-12)15(23)9-4-10(16(18,19)20)6-11(17)5-9/h4-6,12-14,21H,2-3,7-8H2,1H3/t12-,13-/m0/s1. The van der Waals surface area contributed by atoms with Gasteiger partial charge < -0.3 is 10.2 Å². The van der Waals surface area contributed by atoms with Crippen molar-refractivity contribution in [1.82, 2.24) is 10.2 Å². The van der Waals surface area contributed by atoms with Crippen LogP contribution in [-0.4, -0.2) is 36.0 Å². The zero-order chi connectivity index (χ0) is 16.8. The number of piperidine rings is 1. The first-order valence-electron chi connectivity index (χ1n) is 7.65. The van der Waals surface area contributed by atoms with Crippen LogP contribution in [-0.2, 0) is 6.18 Å². The Morgan fingerprint density at radius 1 is 1.17 bits per heavy atom. The van der Waals surface area contributed by atoms with E-state index in [0.717, 1.165) is 37.8 Å². The number of carbonyl (C=O) groups is 1. The summed E-state index contributed by atoms with van der Waals surface area (Å²) >= 11 is 0. The Hall–Kier alpha value is -1.63. The Kier molecular flexibility index (Phi) is 4.08. The van der Waals surface area contributed by atoms with E-state index >= 15 is 0 Å². The molecule has 0 unspecified atom stereocenters. The molecule has 1 aromatic rings. The van der Waals surface area contributed by atoms with E-state index in [-0.39, 0.29) is 11.6 Å². The predicted octanol–water partition coefficient (Wildman–Crippen LogP) is 3.20. The summed E-state index contributed by atoms with van der Waals surface area (Å²) < 4.78 is 51.8. The molecule has 3 rings (SSSR count). The van der Waals surface area contributed by atoms with Crippen molar-refractivity contribution in [2.45, 2.75) is 50.0 Å². The quantitative estimate of drug-likeness (QED) is 0.845. The molecule has 2 aliphatic rings. The third-order valence-electron chi connectivity index (χ3n) is 4.79. The highest BCUT2D eigenvalue weighted by molar-refractivity contribution is 5.94. The van der Waals surface area contributed by atoms with E-state index in [1.165, 1.54) is 4.90 Å². The number of amides is 1. The third-order valence-corrected chi connectivity index (χ3v) is 4.79. The Morgan fingerprint density at radius 3 is 2.35 bits per heavy atom. The van der Waals surface area contributed by atoms with Crippen LogP contribution in [0.4, 0.5) is 17.6 Å². The van der Waals surface area contributed by atoms with Gasteiger partial charge in [0.25, 0.3) is 5.91 Å². The molecular formula is C16H18F4N2O. The first-order valence-corrected chi connectivity index (χ1v) is 7.65. The number of hydrogen-bond donors (Lipinski definition) is 1. The summed E-state index contributed by atoms with van der Waals surface area (Å²) in [4.78, 5) is 13.9. The van der Waals surface area contributed by atoms with Crippen molar-refractivity contribution < 1.29 is 22.4 Å². The lowest BCUT2D eigenvalue weighted by atomic mass is 9.97. The van der Waals surface area contributed by atoms with Gasteiger partial charge in [0, 0.05) is 30.7 Å². The molecule has 2 saturated heterocycles. The van der Waals surface area contributed by atoms with Crippen LogP contribution < -0.4 is 5.32 Å². The second kappa shape index (κ2) is 5.78. The molecule has 2 fully saturated rings. The molecule has 1 N–H and O–H groups in total. The fraction of sp³-hybridized carbons (Fsp3) is 0.562. The molecule has 3 nitrogen and oxygen atoms in total.